The third kappa shape index (κ3) is 6.12. The van der Waals surface area contributed by atoms with Crippen molar-refractivity contribution in [2.24, 2.45) is 11.7 Å². The number of halogens is 2. The van der Waals surface area contributed by atoms with Gasteiger partial charge >= 0.3 is 0 Å². The number of hydrogen-bond acceptors (Lipinski definition) is 3. The molecule has 0 saturated carbocycles. The summed E-state index contributed by atoms with van der Waals surface area (Å²) in [6, 6.07) is 11.0. The summed E-state index contributed by atoms with van der Waals surface area (Å²) in [5, 5.41) is 0. The van der Waals surface area contributed by atoms with Gasteiger partial charge in [-0.2, -0.15) is 0 Å². The van der Waals surface area contributed by atoms with E-state index in [0.29, 0.717) is 5.91 Å². The Balaban J connectivity index is 0.00000169. The molecule has 0 spiro atoms. The van der Waals surface area contributed by atoms with Crippen molar-refractivity contribution in [1.29, 1.82) is 0 Å². The number of nitrogens with two attached hydrogens (primary N) is 1. The number of amides is 1. The molecule has 0 aromatic heterocycles. The fourth-order valence-electron chi connectivity index (χ4n) is 4.03. The zero-order valence-electron chi connectivity index (χ0n) is 15.7. The highest BCUT2D eigenvalue weighted by atomic mass is 35.5. The minimum atomic E-state index is 0. The van der Waals surface area contributed by atoms with Crippen molar-refractivity contribution in [2.45, 2.75) is 51.1 Å². The van der Waals surface area contributed by atoms with E-state index in [2.05, 4.69) is 42.2 Å². The van der Waals surface area contributed by atoms with Gasteiger partial charge in [-0.05, 0) is 63.6 Å². The second-order valence-electron chi connectivity index (χ2n) is 7.51. The lowest BCUT2D eigenvalue weighted by Crippen LogP contribution is -2.52. The van der Waals surface area contributed by atoms with E-state index in [1.807, 2.05) is 4.90 Å². The zero-order chi connectivity index (χ0) is 16.9. The van der Waals surface area contributed by atoms with E-state index in [4.69, 9.17) is 5.73 Å². The van der Waals surface area contributed by atoms with Gasteiger partial charge < -0.3 is 10.6 Å². The number of hydrogen-bond donors (Lipinski definition) is 1. The van der Waals surface area contributed by atoms with Crippen LogP contribution < -0.4 is 5.73 Å². The summed E-state index contributed by atoms with van der Waals surface area (Å²) in [4.78, 5) is 17.1. The van der Waals surface area contributed by atoms with E-state index in [1.165, 1.54) is 24.8 Å². The van der Waals surface area contributed by atoms with E-state index in [0.717, 1.165) is 44.9 Å². The lowest BCUT2D eigenvalue weighted by atomic mass is 9.89. The van der Waals surface area contributed by atoms with Crippen LogP contribution in [0.4, 0.5) is 0 Å². The van der Waals surface area contributed by atoms with Crippen LogP contribution in [-0.4, -0.2) is 54.0 Å². The molecule has 1 aromatic rings. The van der Waals surface area contributed by atoms with Gasteiger partial charge in [0.05, 0.1) is 6.04 Å². The molecule has 2 aliphatic heterocycles. The molecular weight excluding hydrogens is 369 g/mol. The van der Waals surface area contributed by atoms with Crippen LogP contribution in [0.15, 0.2) is 30.3 Å². The fraction of sp³-hybridized carbons (Fsp3) is 0.650. The van der Waals surface area contributed by atoms with Gasteiger partial charge in [-0.15, -0.1) is 24.8 Å². The number of benzene rings is 1. The highest BCUT2D eigenvalue weighted by Crippen LogP contribution is 2.23. The van der Waals surface area contributed by atoms with Crippen molar-refractivity contribution in [3.63, 3.8) is 0 Å². The molecule has 0 aliphatic carbocycles. The van der Waals surface area contributed by atoms with Gasteiger partial charge in [-0.3, -0.25) is 9.69 Å². The van der Waals surface area contributed by atoms with E-state index in [-0.39, 0.29) is 36.9 Å². The molecule has 1 unspecified atom stereocenters. The van der Waals surface area contributed by atoms with Crippen molar-refractivity contribution in [3.05, 3.63) is 35.9 Å². The van der Waals surface area contributed by atoms with Gasteiger partial charge in [0.25, 0.3) is 0 Å². The predicted octanol–water partition coefficient (Wildman–Crippen LogP) is 3.12. The monoisotopic (exact) mass is 401 g/mol. The maximum atomic E-state index is 12.7. The maximum absolute atomic E-state index is 12.7. The lowest BCUT2D eigenvalue weighted by molar-refractivity contribution is -0.138. The number of carbonyl (C=O) groups is 1. The number of likely N-dealkylation sites (tertiary alicyclic amines) is 2. The standard InChI is InChI=1S/C20H31N3O.2ClH/c1-16(20(24)23-13-9-19(21)10-14-23)22-11-7-18(8-12-22)15-17-5-3-2-4-6-17;;/h2-6,16,18-19H,7-15,21H2,1H3;2*1H. The molecule has 148 valence electrons. The summed E-state index contributed by atoms with van der Waals surface area (Å²) in [7, 11) is 0. The number of carbonyl (C=O) groups excluding carboxylic acids is 1. The van der Waals surface area contributed by atoms with Crippen LogP contribution >= 0.6 is 24.8 Å². The van der Waals surface area contributed by atoms with Crippen molar-refractivity contribution in [1.82, 2.24) is 9.80 Å². The first kappa shape index (κ1) is 23.2. The zero-order valence-corrected chi connectivity index (χ0v) is 17.3. The van der Waals surface area contributed by atoms with Crippen LogP contribution in [-0.2, 0) is 11.2 Å². The van der Waals surface area contributed by atoms with Crippen LogP contribution in [0.5, 0.6) is 0 Å². The third-order valence-corrected chi connectivity index (χ3v) is 5.77. The summed E-state index contributed by atoms with van der Waals surface area (Å²) in [6.45, 7) is 5.81. The summed E-state index contributed by atoms with van der Waals surface area (Å²) >= 11 is 0. The quantitative estimate of drug-likeness (QED) is 0.842. The molecule has 2 heterocycles. The molecule has 2 N–H and O–H groups in total. The molecule has 4 nitrogen and oxygen atoms in total. The molecule has 1 atom stereocenters. The first-order chi connectivity index (χ1) is 11.6. The van der Waals surface area contributed by atoms with Crippen molar-refractivity contribution in [3.8, 4) is 0 Å². The predicted molar refractivity (Wildman–Crippen MR) is 112 cm³/mol. The van der Waals surface area contributed by atoms with Crippen LogP contribution in [0.1, 0.15) is 38.2 Å². The van der Waals surface area contributed by atoms with E-state index >= 15 is 0 Å². The fourth-order valence-corrected chi connectivity index (χ4v) is 4.03. The SMILES string of the molecule is CC(C(=O)N1CCC(N)CC1)N1CCC(Cc2ccccc2)CC1.Cl.Cl. The Hall–Kier alpha value is -0.810. The molecule has 6 heteroatoms. The second kappa shape index (κ2) is 11.1. The van der Waals surface area contributed by atoms with Crippen molar-refractivity contribution < 1.29 is 4.79 Å². The Bertz CT molecular complexity index is 527. The first-order valence-corrected chi connectivity index (χ1v) is 9.46. The molecule has 0 bridgehead atoms. The highest BCUT2D eigenvalue weighted by molar-refractivity contribution is 5.85. The third-order valence-electron chi connectivity index (χ3n) is 5.77. The van der Waals surface area contributed by atoms with Gasteiger partial charge in [-0.25, -0.2) is 0 Å². The summed E-state index contributed by atoms with van der Waals surface area (Å²) in [6.07, 6.45) is 5.44. The largest absolute Gasteiger partial charge is 0.341 e. The van der Waals surface area contributed by atoms with Gasteiger partial charge in [0.1, 0.15) is 0 Å². The van der Waals surface area contributed by atoms with Crippen LogP contribution in [0, 0.1) is 5.92 Å². The summed E-state index contributed by atoms with van der Waals surface area (Å²) < 4.78 is 0. The normalized spacial score (nSPS) is 20.8. The van der Waals surface area contributed by atoms with Gasteiger partial charge in [0.2, 0.25) is 5.91 Å². The average Bonchev–Trinajstić information content (AvgIpc) is 2.63. The van der Waals surface area contributed by atoms with E-state index in [1.54, 1.807) is 0 Å². The first-order valence-electron chi connectivity index (χ1n) is 9.46. The average molecular weight is 402 g/mol. The van der Waals surface area contributed by atoms with Crippen molar-refractivity contribution >= 4 is 30.7 Å². The Labute approximate surface area is 170 Å². The molecule has 26 heavy (non-hydrogen) atoms. The molecular formula is C20H33Cl2N3O. The Morgan fingerprint density at radius 3 is 2.19 bits per heavy atom. The molecule has 2 fully saturated rings. The summed E-state index contributed by atoms with van der Waals surface area (Å²) in [5.41, 5.74) is 7.38. The Morgan fingerprint density at radius 1 is 1.04 bits per heavy atom. The molecule has 1 aromatic carbocycles. The lowest BCUT2D eigenvalue weighted by Gasteiger charge is -2.39. The number of rotatable bonds is 4. The van der Waals surface area contributed by atoms with Gasteiger partial charge in [0, 0.05) is 19.1 Å². The molecule has 1 amide bonds. The number of nitrogens with zero attached hydrogens (tertiary/aromatic N) is 2. The Kier molecular flexibility index (Phi) is 9.94. The van der Waals surface area contributed by atoms with Gasteiger partial charge in [-0.1, -0.05) is 30.3 Å². The second-order valence-corrected chi connectivity index (χ2v) is 7.51. The van der Waals surface area contributed by atoms with E-state index in [9.17, 15) is 4.79 Å². The number of piperidine rings is 2. The molecule has 2 aliphatic rings. The van der Waals surface area contributed by atoms with Crippen LogP contribution in [0.25, 0.3) is 0 Å². The van der Waals surface area contributed by atoms with E-state index < -0.39 is 0 Å². The molecule has 3 rings (SSSR count). The summed E-state index contributed by atoms with van der Waals surface area (Å²) in [5.74, 6) is 1.04. The van der Waals surface area contributed by atoms with Crippen LogP contribution in [0.3, 0.4) is 0 Å². The topological polar surface area (TPSA) is 49.6 Å². The minimum absolute atomic E-state index is 0. The van der Waals surface area contributed by atoms with Crippen LogP contribution in [0.2, 0.25) is 0 Å². The smallest absolute Gasteiger partial charge is 0.239 e. The van der Waals surface area contributed by atoms with Gasteiger partial charge in [0.15, 0.2) is 0 Å². The Morgan fingerprint density at radius 2 is 1.62 bits per heavy atom. The highest BCUT2D eigenvalue weighted by Gasteiger charge is 2.30. The van der Waals surface area contributed by atoms with Crippen molar-refractivity contribution in [2.75, 3.05) is 26.2 Å². The maximum Gasteiger partial charge on any atom is 0.239 e. The minimum Gasteiger partial charge on any atom is -0.341 e. The molecule has 2 saturated heterocycles. The molecule has 0 radical (unpaired) electrons.